The maximum absolute atomic E-state index is 13.5. The summed E-state index contributed by atoms with van der Waals surface area (Å²) in [5, 5.41) is 11.5. The molecule has 1 atom stereocenters. The van der Waals surface area contributed by atoms with Gasteiger partial charge in [0.15, 0.2) is 11.5 Å². The van der Waals surface area contributed by atoms with E-state index in [0.29, 0.717) is 30.0 Å². The van der Waals surface area contributed by atoms with Gasteiger partial charge in [-0.05, 0) is 29.8 Å². The van der Waals surface area contributed by atoms with Gasteiger partial charge in [0.05, 0.1) is 45.9 Å². The first-order valence-corrected chi connectivity index (χ1v) is 10.1. The Labute approximate surface area is 180 Å². The Kier molecular flexibility index (Phi) is 5.52. The highest BCUT2D eigenvalue weighted by Gasteiger charge is 2.44. The van der Waals surface area contributed by atoms with Crippen molar-refractivity contribution in [3.63, 3.8) is 0 Å². The molecule has 0 radical (unpaired) electrons. The fourth-order valence-corrected chi connectivity index (χ4v) is 3.84. The minimum atomic E-state index is -0.734. The van der Waals surface area contributed by atoms with Crippen LogP contribution in [-0.2, 0) is 4.79 Å². The van der Waals surface area contributed by atoms with Crippen LogP contribution in [0.1, 0.15) is 22.2 Å². The maximum atomic E-state index is 13.5. The van der Waals surface area contributed by atoms with Gasteiger partial charge in [0, 0.05) is 5.39 Å². The number of furan rings is 1. The number of quaternary nitrogens is 1. The molecule has 1 aliphatic rings. The lowest BCUT2D eigenvalue weighted by Gasteiger charge is -2.27. The monoisotopic (exact) mass is 421 g/mol. The Bertz CT molecular complexity index is 1140. The number of benzene rings is 2. The number of ether oxygens (including phenoxy) is 1. The van der Waals surface area contributed by atoms with Crippen LogP contribution in [-0.4, -0.2) is 56.0 Å². The van der Waals surface area contributed by atoms with Gasteiger partial charge in [-0.25, -0.2) is 0 Å². The lowest BCUT2D eigenvalue weighted by atomic mass is 9.95. The number of nitrogens with zero attached hydrogens (tertiary/aromatic N) is 1. The van der Waals surface area contributed by atoms with Crippen LogP contribution in [0.25, 0.3) is 11.0 Å². The van der Waals surface area contributed by atoms with E-state index in [4.69, 9.17) is 9.15 Å². The largest absolute Gasteiger partial charge is 0.503 e. The molecule has 1 amide bonds. The van der Waals surface area contributed by atoms with Crippen molar-refractivity contribution in [2.75, 3.05) is 34.3 Å². The quantitative estimate of drug-likeness (QED) is 0.571. The van der Waals surface area contributed by atoms with Crippen LogP contribution in [0.3, 0.4) is 0 Å². The lowest BCUT2D eigenvalue weighted by molar-refractivity contribution is -0.857. The molecular formula is C24H25N2O5+. The number of aliphatic hydroxyl groups is 1. The van der Waals surface area contributed by atoms with E-state index in [1.165, 1.54) is 4.90 Å². The molecule has 1 aliphatic heterocycles. The van der Waals surface area contributed by atoms with Crippen LogP contribution in [0.4, 0.5) is 0 Å². The molecule has 0 unspecified atom stereocenters. The van der Waals surface area contributed by atoms with Crippen molar-refractivity contribution in [2.24, 2.45) is 0 Å². The van der Waals surface area contributed by atoms with Gasteiger partial charge < -0.3 is 24.1 Å². The highest BCUT2D eigenvalue weighted by molar-refractivity contribution is 6.16. The summed E-state index contributed by atoms with van der Waals surface area (Å²) in [4.78, 5) is 29.1. The molecule has 7 nitrogen and oxygen atoms in total. The second-order valence-corrected chi connectivity index (χ2v) is 7.87. The number of Topliss-reactive ketones (excluding diaryl/α,β-unsaturated/α-hetero) is 1. The van der Waals surface area contributed by atoms with Crippen LogP contribution in [0.2, 0.25) is 0 Å². The van der Waals surface area contributed by atoms with Gasteiger partial charge >= 0.3 is 0 Å². The molecule has 0 saturated carbocycles. The number of likely N-dealkylation sites (N-methyl/N-ethyl adjacent to an activating group) is 1. The minimum Gasteiger partial charge on any atom is -0.503 e. The van der Waals surface area contributed by atoms with Crippen molar-refractivity contribution >= 4 is 22.7 Å². The maximum Gasteiger partial charge on any atom is 0.290 e. The second kappa shape index (κ2) is 8.28. The average molecular weight is 421 g/mol. The molecule has 7 heteroatoms. The number of methoxy groups -OCH3 is 1. The minimum absolute atomic E-state index is 0.0195. The van der Waals surface area contributed by atoms with Crippen molar-refractivity contribution in [1.82, 2.24) is 4.90 Å². The topological polar surface area (TPSA) is 84.4 Å². The van der Waals surface area contributed by atoms with Gasteiger partial charge in [-0.1, -0.05) is 30.3 Å². The van der Waals surface area contributed by atoms with Crippen LogP contribution in [0, 0.1) is 0 Å². The lowest BCUT2D eigenvalue weighted by Crippen LogP contribution is -3.06. The molecule has 2 N–H and O–H groups in total. The first-order valence-electron chi connectivity index (χ1n) is 10.1. The Morgan fingerprint density at radius 2 is 1.94 bits per heavy atom. The molecule has 2 aromatic carbocycles. The summed E-state index contributed by atoms with van der Waals surface area (Å²) in [5.41, 5.74) is 1.28. The van der Waals surface area contributed by atoms with Crippen molar-refractivity contribution in [3.05, 3.63) is 77.3 Å². The molecule has 1 aromatic heterocycles. The summed E-state index contributed by atoms with van der Waals surface area (Å²) in [7, 11) is 5.52. The smallest absolute Gasteiger partial charge is 0.290 e. The van der Waals surface area contributed by atoms with E-state index in [1.54, 1.807) is 37.4 Å². The highest BCUT2D eigenvalue weighted by atomic mass is 16.5. The Morgan fingerprint density at radius 3 is 2.65 bits per heavy atom. The third-order valence-electron chi connectivity index (χ3n) is 5.46. The molecule has 4 rings (SSSR count). The van der Waals surface area contributed by atoms with Gasteiger partial charge in [-0.2, -0.15) is 0 Å². The fraction of sp³-hybridized carbons (Fsp3) is 0.250. The van der Waals surface area contributed by atoms with Gasteiger partial charge in [-0.3, -0.25) is 9.59 Å². The summed E-state index contributed by atoms with van der Waals surface area (Å²) in [6.07, 6.45) is 0. The Balaban J connectivity index is 1.80. The molecule has 2 heterocycles. The number of carbonyl (C=O) groups is 2. The number of fused-ring (bicyclic) bond motifs is 1. The number of amides is 1. The number of hydrogen-bond acceptors (Lipinski definition) is 5. The predicted molar refractivity (Wildman–Crippen MR) is 115 cm³/mol. The summed E-state index contributed by atoms with van der Waals surface area (Å²) >= 11 is 0. The van der Waals surface area contributed by atoms with Gasteiger partial charge in [0.2, 0.25) is 5.78 Å². The summed E-state index contributed by atoms with van der Waals surface area (Å²) < 4.78 is 11.1. The molecule has 0 aliphatic carbocycles. The van der Waals surface area contributed by atoms with Crippen molar-refractivity contribution < 1.29 is 28.7 Å². The Morgan fingerprint density at radius 1 is 1.16 bits per heavy atom. The molecule has 160 valence electrons. The van der Waals surface area contributed by atoms with Gasteiger partial charge in [0.25, 0.3) is 5.91 Å². The number of aliphatic hydroxyl groups excluding tert-OH is 1. The standard InChI is InChI=1S/C24H24N2O5/c1-25(2)11-12-26-21(16-8-6-9-17(13-16)30-3)20(23(28)24(26)29)22(27)19-14-15-7-4-5-10-18(15)31-19/h4-10,13-14,21,28H,11-12H2,1-3H3/p+1/t21-/m1/s1. The number of hydrogen-bond donors (Lipinski definition) is 2. The molecule has 0 bridgehead atoms. The third-order valence-corrected chi connectivity index (χ3v) is 5.46. The average Bonchev–Trinajstić information content (AvgIpc) is 3.31. The van der Waals surface area contributed by atoms with E-state index in [-0.39, 0.29) is 11.3 Å². The summed E-state index contributed by atoms with van der Waals surface area (Å²) in [5.74, 6) is -0.913. The zero-order valence-corrected chi connectivity index (χ0v) is 17.7. The van der Waals surface area contributed by atoms with Crippen LogP contribution in [0.15, 0.2) is 70.3 Å². The van der Waals surface area contributed by atoms with Gasteiger partial charge in [-0.15, -0.1) is 0 Å². The van der Waals surface area contributed by atoms with E-state index in [1.807, 2.05) is 38.4 Å². The number of para-hydroxylation sites is 1. The SMILES string of the molecule is COc1cccc([C@@H]2C(C(=O)c3cc4ccccc4o3)=C(O)C(=O)N2CC[NH+](C)C)c1. The molecular weight excluding hydrogens is 396 g/mol. The zero-order valence-electron chi connectivity index (χ0n) is 17.7. The first-order chi connectivity index (χ1) is 14.9. The van der Waals surface area contributed by atoms with Crippen LogP contribution >= 0.6 is 0 Å². The highest BCUT2D eigenvalue weighted by Crippen LogP contribution is 2.40. The van der Waals surface area contributed by atoms with Crippen LogP contribution in [0.5, 0.6) is 5.75 Å². The molecule has 31 heavy (non-hydrogen) atoms. The van der Waals surface area contributed by atoms with E-state index in [9.17, 15) is 14.7 Å². The molecule has 0 fully saturated rings. The number of ketones is 1. The number of nitrogens with one attached hydrogen (secondary N) is 1. The fourth-order valence-electron chi connectivity index (χ4n) is 3.84. The van der Waals surface area contributed by atoms with Crippen molar-refractivity contribution in [2.45, 2.75) is 6.04 Å². The van der Waals surface area contributed by atoms with Gasteiger partial charge in [0.1, 0.15) is 11.3 Å². The van der Waals surface area contributed by atoms with Crippen molar-refractivity contribution in [1.29, 1.82) is 0 Å². The predicted octanol–water partition coefficient (Wildman–Crippen LogP) is 2.16. The van der Waals surface area contributed by atoms with E-state index >= 15 is 0 Å². The van der Waals surface area contributed by atoms with E-state index < -0.39 is 23.5 Å². The Hall–Kier alpha value is -3.58. The van der Waals surface area contributed by atoms with Crippen molar-refractivity contribution in [3.8, 4) is 5.75 Å². The summed E-state index contributed by atoms with van der Waals surface area (Å²) in [6.45, 7) is 1.04. The van der Waals surface area contributed by atoms with Crippen LogP contribution < -0.4 is 9.64 Å². The normalized spacial score (nSPS) is 16.6. The number of rotatable bonds is 7. The first kappa shape index (κ1) is 20.7. The second-order valence-electron chi connectivity index (χ2n) is 7.87. The van der Waals surface area contributed by atoms with E-state index in [0.717, 1.165) is 10.3 Å². The molecule has 0 saturated heterocycles. The summed E-state index contributed by atoms with van der Waals surface area (Å²) in [6, 6.07) is 15.4. The molecule has 0 spiro atoms. The van der Waals surface area contributed by atoms with E-state index in [2.05, 4.69) is 0 Å². The molecule has 3 aromatic rings. The third kappa shape index (κ3) is 3.80. The zero-order chi connectivity index (χ0) is 22.1. The number of carbonyl (C=O) groups excluding carboxylic acids is 2.